The maximum absolute atomic E-state index is 13.6. The number of ketones is 2. The summed E-state index contributed by atoms with van der Waals surface area (Å²) < 4.78 is 5.30. The second kappa shape index (κ2) is 7.51. The zero-order valence-corrected chi connectivity index (χ0v) is 18.5. The maximum atomic E-state index is 13.6. The quantitative estimate of drug-likeness (QED) is 0.473. The molecule has 2 heterocycles. The zero-order valence-electron chi connectivity index (χ0n) is 18.5. The Morgan fingerprint density at radius 1 is 0.794 bits per heavy atom. The lowest BCUT2D eigenvalue weighted by molar-refractivity contribution is -0.143. The van der Waals surface area contributed by atoms with Crippen molar-refractivity contribution < 1.29 is 28.7 Å². The third-order valence-corrected chi connectivity index (χ3v) is 6.29. The van der Waals surface area contributed by atoms with Gasteiger partial charge in [0.1, 0.15) is 11.7 Å². The minimum absolute atomic E-state index is 0.000624. The molecule has 3 aromatic rings. The lowest BCUT2D eigenvalue weighted by Gasteiger charge is -2.33. The minimum Gasteiger partial charge on any atom is -0.497 e. The van der Waals surface area contributed by atoms with Crippen LogP contribution in [0.2, 0.25) is 0 Å². The number of amides is 4. The predicted molar refractivity (Wildman–Crippen MR) is 120 cm³/mol. The van der Waals surface area contributed by atoms with Gasteiger partial charge in [-0.25, -0.2) is 4.79 Å². The van der Waals surface area contributed by atoms with Crippen molar-refractivity contribution in [2.75, 3.05) is 21.2 Å². The van der Waals surface area contributed by atoms with Gasteiger partial charge in [0.25, 0.3) is 0 Å². The van der Waals surface area contributed by atoms with E-state index < -0.39 is 35.3 Å². The molecular formula is C25H19N3O6. The number of nitrogens with one attached hydrogen (secondary N) is 1. The summed E-state index contributed by atoms with van der Waals surface area (Å²) in [5, 5.41) is 0. The van der Waals surface area contributed by atoms with Crippen LogP contribution in [0, 0.1) is 0 Å². The number of carbonyl (C=O) groups excluding carboxylic acids is 5. The lowest BCUT2D eigenvalue weighted by atomic mass is 9.81. The van der Waals surface area contributed by atoms with Gasteiger partial charge in [0.15, 0.2) is 5.78 Å². The minimum atomic E-state index is -1.49. The highest BCUT2D eigenvalue weighted by Crippen LogP contribution is 2.42. The number of ether oxygens (including phenoxy) is 1. The van der Waals surface area contributed by atoms with Crippen molar-refractivity contribution in [1.29, 1.82) is 0 Å². The highest BCUT2D eigenvalue weighted by Gasteiger charge is 2.48. The van der Waals surface area contributed by atoms with Crippen LogP contribution >= 0.6 is 0 Å². The molecule has 0 bridgehead atoms. The van der Waals surface area contributed by atoms with Gasteiger partial charge in [-0.05, 0) is 12.1 Å². The molecule has 2 aliphatic rings. The fourth-order valence-electron chi connectivity index (χ4n) is 4.52. The normalized spacial score (nSPS) is 16.1. The van der Waals surface area contributed by atoms with Crippen LogP contribution in [0.15, 0.2) is 48.5 Å². The first kappa shape index (κ1) is 21.3. The van der Waals surface area contributed by atoms with Crippen LogP contribution in [-0.4, -0.2) is 65.4 Å². The van der Waals surface area contributed by atoms with Gasteiger partial charge in [-0.2, -0.15) is 0 Å². The summed E-state index contributed by atoms with van der Waals surface area (Å²) in [6.07, 6.45) is 0. The molecule has 1 aliphatic carbocycles. The number of H-pyrrole nitrogens is 1. The molecule has 1 saturated heterocycles. The summed E-state index contributed by atoms with van der Waals surface area (Å²) in [5.41, 5.74) is 1.22. The summed E-state index contributed by atoms with van der Waals surface area (Å²) in [4.78, 5) is 70.5. The molecule has 4 amide bonds. The molecule has 170 valence electrons. The number of aromatic nitrogens is 1. The molecule has 9 nitrogen and oxygen atoms in total. The molecule has 5 rings (SSSR count). The van der Waals surface area contributed by atoms with Crippen molar-refractivity contribution >= 4 is 29.4 Å². The van der Waals surface area contributed by atoms with Gasteiger partial charge in [0, 0.05) is 36.3 Å². The van der Waals surface area contributed by atoms with E-state index in [1.807, 2.05) is 0 Å². The van der Waals surface area contributed by atoms with Crippen LogP contribution < -0.4 is 4.74 Å². The molecule has 34 heavy (non-hydrogen) atoms. The van der Waals surface area contributed by atoms with E-state index in [4.69, 9.17) is 4.74 Å². The highest BCUT2D eigenvalue weighted by atomic mass is 16.5. The molecule has 0 atom stereocenters. The number of hydrogen-bond donors (Lipinski definition) is 1. The smallest absolute Gasteiger partial charge is 0.332 e. The zero-order chi connectivity index (χ0) is 24.3. The Balaban J connectivity index is 1.83. The Kier molecular flexibility index (Phi) is 4.71. The average molecular weight is 457 g/mol. The molecule has 0 radical (unpaired) electrons. The Labute approximate surface area is 193 Å². The number of methoxy groups -OCH3 is 1. The van der Waals surface area contributed by atoms with Crippen LogP contribution in [0.3, 0.4) is 0 Å². The van der Waals surface area contributed by atoms with Gasteiger partial charge in [-0.1, -0.05) is 36.4 Å². The number of imide groups is 2. The molecule has 1 fully saturated rings. The molecule has 0 saturated carbocycles. The number of fused-ring (bicyclic) bond motifs is 2. The fraction of sp³-hybridized carbons (Fsp3) is 0.160. The van der Waals surface area contributed by atoms with E-state index in [0.29, 0.717) is 11.3 Å². The van der Waals surface area contributed by atoms with Gasteiger partial charge in [0.2, 0.25) is 17.6 Å². The van der Waals surface area contributed by atoms with Crippen molar-refractivity contribution in [3.05, 3.63) is 76.5 Å². The van der Waals surface area contributed by atoms with E-state index in [2.05, 4.69) is 4.98 Å². The topological polar surface area (TPSA) is 117 Å². The molecule has 2 aromatic carbocycles. The molecule has 0 unspecified atom stereocenters. The summed E-state index contributed by atoms with van der Waals surface area (Å²) in [6, 6.07) is 12.4. The SMILES string of the molecule is COc1cccc(-c2[nH]c3c(c2C2C(=O)N(C)C(=O)N(C)C2=O)C(=O)c2ccccc2C3=O)c1. The Morgan fingerprint density at radius 2 is 1.41 bits per heavy atom. The van der Waals surface area contributed by atoms with Gasteiger partial charge in [0.05, 0.1) is 24.1 Å². The van der Waals surface area contributed by atoms with Crippen molar-refractivity contribution in [2.45, 2.75) is 5.92 Å². The number of benzene rings is 2. The van der Waals surface area contributed by atoms with Crippen LogP contribution in [0.5, 0.6) is 5.75 Å². The number of barbiturate groups is 1. The molecule has 0 spiro atoms. The standard InChI is InChI=1S/C25H19N3O6/c1-27-23(31)18(24(32)28(2)25(27)33)16-17-20(22(30)15-10-5-4-9-14(15)21(17)29)26-19(16)12-7-6-8-13(11-12)34-3/h4-11,18,26H,1-3H3. The summed E-state index contributed by atoms with van der Waals surface area (Å²) in [7, 11) is 4.04. The van der Waals surface area contributed by atoms with Crippen molar-refractivity contribution in [3.8, 4) is 17.0 Å². The van der Waals surface area contributed by atoms with Crippen LogP contribution in [0.25, 0.3) is 11.3 Å². The molecule has 1 aliphatic heterocycles. The maximum Gasteiger partial charge on any atom is 0.332 e. The second-order valence-electron chi connectivity index (χ2n) is 8.11. The number of aromatic amines is 1. The lowest BCUT2D eigenvalue weighted by Crippen LogP contribution is -2.56. The number of likely N-dealkylation sites (N-methyl/N-ethyl adjacent to an activating group) is 2. The molecule has 1 N–H and O–H groups in total. The third kappa shape index (κ3) is 2.83. The third-order valence-electron chi connectivity index (χ3n) is 6.29. The van der Waals surface area contributed by atoms with E-state index in [1.54, 1.807) is 42.5 Å². The number of carbonyl (C=O) groups is 5. The number of hydrogen-bond acceptors (Lipinski definition) is 6. The number of nitrogens with zero attached hydrogens (tertiary/aromatic N) is 2. The monoisotopic (exact) mass is 457 g/mol. The van der Waals surface area contributed by atoms with E-state index in [-0.39, 0.29) is 33.6 Å². The van der Waals surface area contributed by atoms with E-state index in [0.717, 1.165) is 9.80 Å². The van der Waals surface area contributed by atoms with Gasteiger partial charge in [-0.3, -0.25) is 29.0 Å². The van der Waals surface area contributed by atoms with E-state index in [9.17, 15) is 24.0 Å². The fourth-order valence-corrected chi connectivity index (χ4v) is 4.52. The summed E-state index contributed by atoms with van der Waals surface area (Å²) >= 11 is 0. The Hall–Kier alpha value is -4.53. The van der Waals surface area contributed by atoms with Gasteiger partial charge >= 0.3 is 6.03 Å². The van der Waals surface area contributed by atoms with E-state index in [1.165, 1.54) is 27.3 Å². The highest BCUT2D eigenvalue weighted by molar-refractivity contribution is 6.30. The van der Waals surface area contributed by atoms with Gasteiger partial charge in [-0.15, -0.1) is 0 Å². The van der Waals surface area contributed by atoms with Crippen molar-refractivity contribution in [1.82, 2.24) is 14.8 Å². The number of rotatable bonds is 3. The molecule has 1 aromatic heterocycles. The van der Waals surface area contributed by atoms with E-state index >= 15 is 0 Å². The van der Waals surface area contributed by atoms with Crippen LogP contribution in [-0.2, 0) is 9.59 Å². The molecular weight excluding hydrogens is 438 g/mol. The first-order valence-electron chi connectivity index (χ1n) is 10.4. The Bertz CT molecular complexity index is 1410. The first-order valence-corrected chi connectivity index (χ1v) is 10.4. The number of urea groups is 1. The Morgan fingerprint density at radius 3 is 2.03 bits per heavy atom. The predicted octanol–water partition coefficient (Wildman–Crippen LogP) is 2.60. The van der Waals surface area contributed by atoms with Crippen molar-refractivity contribution in [2.24, 2.45) is 0 Å². The summed E-state index contributed by atoms with van der Waals surface area (Å²) in [5.74, 6) is -3.45. The van der Waals surface area contributed by atoms with Gasteiger partial charge < -0.3 is 9.72 Å². The first-order chi connectivity index (χ1) is 16.3. The largest absolute Gasteiger partial charge is 0.497 e. The summed E-state index contributed by atoms with van der Waals surface area (Å²) in [6.45, 7) is 0. The average Bonchev–Trinajstić information content (AvgIpc) is 3.26. The van der Waals surface area contributed by atoms with Crippen molar-refractivity contribution in [3.63, 3.8) is 0 Å². The van der Waals surface area contributed by atoms with Crippen LogP contribution in [0.4, 0.5) is 4.79 Å². The van der Waals surface area contributed by atoms with Crippen LogP contribution in [0.1, 0.15) is 43.5 Å². The second-order valence-corrected chi connectivity index (χ2v) is 8.11. The molecule has 9 heteroatoms.